The van der Waals surface area contributed by atoms with Crippen molar-refractivity contribution in [2.75, 3.05) is 36.5 Å². The topological polar surface area (TPSA) is 113 Å². The van der Waals surface area contributed by atoms with Crippen LogP contribution in [-0.2, 0) is 16.0 Å². The molecule has 1 aromatic carbocycles. The summed E-state index contributed by atoms with van der Waals surface area (Å²) >= 11 is 0. The zero-order valence-electron chi connectivity index (χ0n) is 20.6. The molecule has 1 aliphatic rings. The highest BCUT2D eigenvalue weighted by atomic mass is 19.4. The summed E-state index contributed by atoms with van der Waals surface area (Å²) in [5, 5.41) is 5.17. The number of hydrogen-bond acceptors (Lipinski definition) is 7. The van der Waals surface area contributed by atoms with E-state index in [4.69, 9.17) is 4.74 Å². The number of nitrogens with one attached hydrogen (secondary N) is 2. The summed E-state index contributed by atoms with van der Waals surface area (Å²) in [7, 11) is 0. The second kappa shape index (κ2) is 11.5. The number of carbonyl (C=O) groups is 3. The van der Waals surface area contributed by atoms with Gasteiger partial charge in [0.15, 0.2) is 0 Å². The number of urea groups is 1. The van der Waals surface area contributed by atoms with E-state index in [0.717, 1.165) is 30.1 Å². The number of nitrogens with zero attached hydrogens (tertiary/aromatic N) is 3. The minimum absolute atomic E-state index is 0.0670. The van der Waals surface area contributed by atoms with Gasteiger partial charge in [-0.1, -0.05) is 13.8 Å². The van der Waals surface area contributed by atoms with Crippen molar-refractivity contribution in [3.8, 4) is 5.75 Å². The predicted octanol–water partition coefficient (Wildman–Crippen LogP) is 3.93. The first-order chi connectivity index (χ1) is 17.4. The number of imide groups is 1. The van der Waals surface area contributed by atoms with E-state index in [0.29, 0.717) is 12.1 Å². The highest BCUT2D eigenvalue weighted by Crippen LogP contribution is 2.30. The summed E-state index contributed by atoms with van der Waals surface area (Å²) in [6.45, 7) is 8.05. The highest BCUT2D eigenvalue weighted by molar-refractivity contribution is 6.23. The molecule has 2 aromatic rings. The Kier molecular flexibility index (Phi) is 8.58. The zero-order valence-corrected chi connectivity index (χ0v) is 20.6. The second-order valence-corrected chi connectivity index (χ2v) is 8.46. The SMILES string of the molecule is CCN(CC)CCOC(=O)Nc1cc(CC2(C)NC(=O)N(c3ccc(OC(F)(F)F)cc3)C2=O)ccn1. The average molecular weight is 524 g/mol. The molecule has 0 saturated carbocycles. The van der Waals surface area contributed by atoms with Crippen LogP contribution in [0.3, 0.4) is 0 Å². The molecular weight excluding hydrogens is 495 g/mol. The monoisotopic (exact) mass is 523 g/mol. The van der Waals surface area contributed by atoms with E-state index in [1.807, 2.05) is 13.8 Å². The Labute approximate surface area is 211 Å². The molecule has 37 heavy (non-hydrogen) atoms. The molecule has 1 unspecified atom stereocenters. The maximum Gasteiger partial charge on any atom is 0.573 e. The minimum Gasteiger partial charge on any atom is -0.448 e. The Balaban J connectivity index is 1.64. The van der Waals surface area contributed by atoms with Crippen LogP contribution in [-0.4, -0.2) is 66.1 Å². The molecule has 0 aliphatic carbocycles. The number of halogens is 3. The van der Waals surface area contributed by atoms with Crippen LogP contribution in [0.4, 0.5) is 34.3 Å². The molecular formula is C24H28F3N5O5. The van der Waals surface area contributed by atoms with Crippen molar-refractivity contribution < 1.29 is 37.0 Å². The fourth-order valence-corrected chi connectivity index (χ4v) is 3.84. The summed E-state index contributed by atoms with van der Waals surface area (Å²) in [4.78, 5) is 44.9. The van der Waals surface area contributed by atoms with Crippen LogP contribution >= 0.6 is 0 Å². The van der Waals surface area contributed by atoms with Gasteiger partial charge in [0, 0.05) is 19.2 Å². The van der Waals surface area contributed by atoms with Crippen molar-refractivity contribution in [1.29, 1.82) is 0 Å². The quantitative estimate of drug-likeness (QED) is 0.454. The van der Waals surface area contributed by atoms with Crippen LogP contribution in [0, 0.1) is 0 Å². The smallest absolute Gasteiger partial charge is 0.448 e. The summed E-state index contributed by atoms with van der Waals surface area (Å²) in [6.07, 6.45) is -4.01. The third-order valence-electron chi connectivity index (χ3n) is 5.74. The minimum atomic E-state index is -4.86. The van der Waals surface area contributed by atoms with Crippen LogP contribution < -0.4 is 20.3 Å². The molecule has 2 N–H and O–H groups in total. The molecule has 1 fully saturated rings. The average Bonchev–Trinajstić information content (AvgIpc) is 3.04. The molecule has 0 radical (unpaired) electrons. The van der Waals surface area contributed by atoms with Crippen molar-refractivity contribution in [3.63, 3.8) is 0 Å². The Bertz CT molecular complexity index is 1120. The molecule has 1 aliphatic heterocycles. The number of carbonyl (C=O) groups excluding carboxylic acids is 3. The summed E-state index contributed by atoms with van der Waals surface area (Å²) in [5.74, 6) is -0.860. The van der Waals surface area contributed by atoms with E-state index in [1.165, 1.54) is 25.3 Å². The van der Waals surface area contributed by atoms with Crippen LogP contribution in [0.25, 0.3) is 0 Å². The van der Waals surface area contributed by atoms with Crippen molar-refractivity contribution >= 4 is 29.5 Å². The van der Waals surface area contributed by atoms with Gasteiger partial charge in [-0.25, -0.2) is 19.5 Å². The third-order valence-corrected chi connectivity index (χ3v) is 5.74. The van der Waals surface area contributed by atoms with E-state index in [1.54, 1.807) is 12.1 Å². The number of ether oxygens (including phenoxy) is 2. The number of pyridine rings is 1. The molecule has 1 aromatic heterocycles. The van der Waals surface area contributed by atoms with Crippen molar-refractivity contribution in [2.45, 2.75) is 39.1 Å². The number of rotatable bonds is 10. The maximum atomic E-state index is 13.2. The fourth-order valence-electron chi connectivity index (χ4n) is 3.84. The van der Waals surface area contributed by atoms with Crippen LogP contribution in [0.1, 0.15) is 26.3 Å². The number of amides is 4. The molecule has 4 amide bonds. The summed E-state index contributed by atoms with van der Waals surface area (Å²) in [6, 6.07) is 6.87. The van der Waals surface area contributed by atoms with Gasteiger partial charge in [-0.05, 0) is 62.0 Å². The molecule has 0 spiro atoms. The van der Waals surface area contributed by atoms with Gasteiger partial charge in [-0.3, -0.25) is 10.1 Å². The number of alkyl halides is 3. The van der Waals surface area contributed by atoms with E-state index >= 15 is 0 Å². The van der Waals surface area contributed by atoms with Gasteiger partial charge in [0.2, 0.25) is 0 Å². The summed E-state index contributed by atoms with van der Waals surface area (Å²) in [5.41, 5.74) is -0.660. The number of anilines is 2. The largest absolute Gasteiger partial charge is 0.573 e. The molecule has 3 rings (SSSR count). The molecule has 200 valence electrons. The van der Waals surface area contributed by atoms with Gasteiger partial charge < -0.3 is 19.7 Å². The highest BCUT2D eigenvalue weighted by Gasteiger charge is 2.48. The maximum absolute atomic E-state index is 13.2. The Morgan fingerprint density at radius 2 is 1.84 bits per heavy atom. The predicted molar refractivity (Wildman–Crippen MR) is 128 cm³/mol. The molecule has 1 saturated heterocycles. The van der Waals surface area contributed by atoms with E-state index in [9.17, 15) is 27.6 Å². The number of benzene rings is 1. The lowest BCUT2D eigenvalue weighted by Crippen LogP contribution is -2.46. The van der Waals surface area contributed by atoms with Gasteiger partial charge in [-0.15, -0.1) is 13.2 Å². The number of likely N-dealkylation sites (N-methyl/N-ethyl adjacent to an activating group) is 1. The fraction of sp³-hybridized carbons (Fsp3) is 0.417. The third kappa shape index (κ3) is 7.32. The summed E-state index contributed by atoms with van der Waals surface area (Å²) < 4.78 is 46.2. The normalized spacial score (nSPS) is 17.6. The van der Waals surface area contributed by atoms with Crippen LogP contribution in [0.5, 0.6) is 5.75 Å². The van der Waals surface area contributed by atoms with Crippen LogP contribution in [0.2, 0.25) is 0 Å². The van der Waals surface area contributed by atoms with E-state index in [-0.39, 0.29) is 24.5 Å². The lowest BCUT2D eigenvalue weighted by Gasteiger charge is -2.22. The first kappa shape index (κ1) is 27.7. The zero-order chi connectivity index (χ0) is 27.2. The molecule has 2 heterocycles. The van der Waals surface area contributed by atoms with Gasteiger partial charge >= 0.3 is 18.5 Å². The number of aromatic nitrogens is 1. The standard InChI is InChI=1S/C24H28F3N5O5/c1-4-31(5-2)12-13-36-22(35)29-19-14-16(10-11-28-19)15-23(3)20(33)32(21(34)30-23)17-6-8-18(9-7-17)37-24(25,26)27/h6-11,14H,4-5,12-13,15H2,1-3H3,(H,30,34)(H,28,29,35). The molecule has 13 heteroatoms. The van der Waals surface area contributed by atoms with Gasteiger partial charge in [0.1, 0.15) is 23.7 Å². The van der Waals surface area contributed by atoms with Gasteiger partial charge in [-0.2, -0.15) is 0 Å². The van der Waals surface area contributed by atoms with Crippen molar-refractivity contribution in [1.82, 2.24) is 15.2 Å². The lowest BCUT2D eigenvalue weighted by atomic mass is 9.93. The first-order valence-electron chi connectivity index (χ1n) is 11.6. The van der Waals surface area contributed by atoms with Crippen LogP contribution in [0.15, 0.2) is 42.6 Å². The Hall–Kier alpha value is -3.87. The molecule has 0 bridgehead atoms. The molecule has 10 nitrogen and oxygen atoms in total. The molecule has 1 atom stereocenters. The number of hydrogen-bond donors (Lipinski definition) is 2. The lowest BCUT2D eigenvalue weighted by molar-refractivity contribution is -0.274. The first-order valence-corrected chi connectivity index (χ1v) is 11.6. The van der Waals surface area contributed by atoms with Crippen molar-refractivity contribution in [3.05, 3.63) is 48.2 Å². The van der Waals surface area contributed by atoms with E-state index in [2.05, 4.69) is 25.3 Å². The Morgan fingerprint density at radius 1 is 1.16 bits per heavy atom. The van der Waals surface area contributed by atoms with Crippen molar-refractivity contribution in [2.24, 2.45) is 0 Å². The second-order valence-electron chi connectivity index (χ2n) is 8.46. The Morgan fingerprint density at radius 3 is 2.46 bits per heavy atom. The van der Waals surface area contributed by atoms with Gasteiger partial charge in [0.05, 0.1) is 5.69 Å². The van der Waals surface area contributed by atoms with Gasteiger partial charge in [0.25, 0.3) is 5.91 Å². The van der Waals surface area contributed by atoms with E-state index < -0.39 is 35.7 Å².